The fraction of sp³-hybridized carbons (Fsp3) is 0.389. The zero-order valence-electron chi connectivity index (χ0n) is 28.4. The molecule has 4 aromatic rings. The number of hydrogen-bond donors (Lipinski definition) is 2. The van der Waals surface area contributed by atoms with Crippen molar-refractivity contribution in [3.8, 4) is 16.9 Å². The Kier molecular flexibility index (Phi) is 11.0. The van der Waals surface area contributed by atoms with Crippen molar-refractivity contribution in [1.29, 1.82) is 0 Å². The van der Waals surface area contributed by atoms with Gasteiger partial charge in [0.2, 0.25) is 10.0 Å². The molecule has 1 saturated carbocycles. The molecule has 1 aliphatic rings. The summed E-state index contributed by atoms with van der Waals surface area (Å²) in [5.74, 6) is -1.39. The highest BCUT2D eigenvalue weighted by Crippen LogP contribution is 2.41. The van der Waals surface area contributed by atoms with Crippen LogP contribution in [0.1, 0.15) is 61.7 Å². The molecule has 0 bridgehead atoms. The van der Waals surface area contributed by atoms with E-state index in [1.807, 2.05) is 32.9 Å². The average molecular weight is 748 g/mol. The third kappa shape index (κ3) is 8.50. The topological polar surface area (TPSA) is 116 Å². The van der Waals surface area contributed by atoms with Crippen LogP contribution in [0, 0.1) is 17.0 Å². The number of methoxy groups -OCH3 is 1. The lowest BCUT2D eigenvalue weighted by Gasteiger charge is -2.41. The first-order chi connectivity index (χ1) is 23.5. The smallest absolute Gasteiger partial charge is 0.407 e. The molecule has 0 saturated heterocycles. The largest absolute Gasteiger partial charge is 0.496 e. The van der Waals surface area contributed by atoms with Gasteiger partial charge in [-0.3, -0.25) is 9.52 Å². The molecule has 0 unspecified atom stereocenters. The predicted octanol–water partition coefficient (Wildman–Crippen LogP) is 8.86. The summed E-state index contributed by atoms with van der Waals surface area (Å²) in [6.07, 6.45) is 2.11. The predicted molar refractivity (Wildman–Crippen MR) is 194 cm³/mol. The molecule has 2 amide bonds. The molecule has 1 aromatic heterocycles. The number of halogens is 3. The van der Waals surface area contributed by atoms with Crippen molar-refractivity contribution in [2.75, 3.05) is 24.6 Å². The molecule has 1 aliphatic carbocycles. The number of carbonyl (C=O) groups excluding carboxylic acids is 1. The molecule has 0 atom stereocenters. The fourth-order valence-electron chi connectivity index (χ4n) is 6.49. The van der Waals surface area contributed by atoms with Crippen molar-refractivity contribution in [3.63, 3.8) is 0 Å². The second kappa shape index (κ2) is 14.7. The summed E-state index contributed by atoms with van der Waals surface area (Å²) in [5.41, 5.74) is 2.40. The highest BCUT2D eigenvalue weighted by molar-refractivity contribution is 7.92. The Hall–Kier alpha value is -3.94. The fourth-order valence-corrected chi connectivity index (χ4v) is 8.56. The van der Waals surface area contributed by atoms with Gasteiger partial charge < -0.3 is 19.6 Å². The van der Waals surface area contributed by atoms with Gasteiger partial charge in [-0.05, 0) is 78.6 Å². The molecule has 1 fully saturated rings. The van der Waals surface area contributed by atoms with E-state index in [4.69, 9.17) is 16.3 Å². The molecule has 9 nitrogen and oxygen atoms in total. The van der Waals surface area contributed by atoms with Crippen LogP contribution in [0.3, 0.4) is 0 Å². The first kappa shape index (κ1) is 37.3. The summed E-state index contributed by atoms with van der Waals surface area (Å²) in [6, 6.07) is 13.8. The molecule has 50 heavy (non-hydrogen) atoms. The lowest BCUT2D eigenvalue weighted by Crippen LogP contribution is -2.49. The van der Waals surface area contributed by atoms with Crippen LogP contribution in [-0.2, 0) is 16.6 Å². The van der Waals surface area contributed by atoms with E-state index >= 15 is 0 Å². The Bertz CT molecular complexity index is 2010. The molecule has 1 heterocycles. The summed E-state index contributed by atoms with van der Waals surface area (Å²) in [4.78, 5) is 29.9. The van der Waals surface area contributed by atoms with Gasteiger partial charge in [0.25, 0.3) is 5.91 Å². The van der Waals surface area contributed by atoms with Crippen molar-refractivity contribution in [3.05, 3.63) is 81.7 Å². The van der Waals surface area contributed by atoms with Crippen molar-refractivity contribution in [2.45, 2.75) is 65.1 Å². The Morgan fingerprint density at radius 2 is 1.54 bits per heavy atom. The minimum Gasteiger partial charge on any atom is -0.496 e. The second-order valence-corrected chi connectivity index (χ2v) is 17.0. The van der Waals surface area contributed by atoms with Crippen molar-refractivity contribution in [1.82, 2.24) is 9.80 Å². The first-order valence-corrected chi connectivity index (χ1v) is 19.2. The number of carboxylic acid groups (broad SMARTS) is 1. The Labute approximate surface area is 299 Å². The van der Waals surface area contributed by atoms with E-state index in [9.17, 15) is 31.9 Å². The van der Waals surface area contributed by atoms with Gasteiger partial charge in [-0.15, -0.1) is 11.3 Å². The number of rotatable bonds is 10. The number of amides is 2. The van der Waals surface area contributed by atoms with Gasteiger partial charge in [0.15, 0.2) is 0 Å². The number of nitrogens with one attached hydrogen (secondary N) is 1. The molecule has 2 N–H and O–H groups in total. The normalized spacial score (nSPS) is 16.6. The minimum atomic E-state index is -3.45. The van der Waals surface area contributed by atoms with E-state index in [1.165, 1.54) is 12.0 Å². The maximum atomic E-state index is 14.8. The molecule has 0 aliphatic heterocycles. The maximum Gasteiger partial charge on any atom is 0.407 e. The van der Waals surface area contributed by atoms with Crippen LogP contribution < -0.4 is 9.46 Å². The summed E-state index contributed by atoms with van der Waals surface area (Å²) in [5, 5.41) is 9.73. The molecule has 14 heteroatoms. The minimum absolute atomic E-state index is 0.0109. The lowest BCUT2D eigenvalue weighted by atomic mass is 9.87. The number of fused-ring (bicyclic) bond motifs is 1. The zero-order chi connectivity index (χ0) is 36.5. The molecular weight excluding hydrogens is 708 g/mol. The van der Waals surface area contributed by atoms with E-state index in [0.717, 1.165) is 40.9 Å². The van der Waals surface area contributed by atoms with Gasteiger partial charge in [0.05, 0.1) is 28.5 Å². The van der Waals surface area contributed by atoms with Crippen LogP contribution in [0.5, 0.6) is 5.75 Å². The number of sulfonamides is 1. The molecular formula is C36H40ClF2N3O6S2. The lowest BCUT2D eigenvalue weighted by molar-refractivity contribution is 0.0492. The van der Waals surface area contributed by atoms with Crippen LogP contribution in [0.15, 0.2) is 54.6 Å². The van der Waals surface area contributed by atoms with E-state index in [2.05, 4.69) is 4.72 Å². The van der Waals surface area contributed by atoms with E-state index < -0.39 is 33.7 Å². The van der Waals surface area contributed by atoms with Crippen molar-refractivity contribution < 1.29 is 36.6 Å². The van der Waals surface area contributed by atoms with E-state index in [0.29, 0.717) is 49.2 Å². The van der Waals surface area contributed by atoms with Crippen molar-refractivity contribution in [2.24, 2.45) is 5.41 Å². The average Bonchev–Trinajstić information content (AvgIpc) is 3.41. The number of benzene rings is 3. The molecule has 3 aromatic carbocycles. The highest BCUT2D eigenvalue weighted by Gasteiger charge is 2.36. The van der Waals surface area contributed by atoms with Gasteiger partial charge in [0, 0.05) is 36.4 Å². The second-order valence-electron chi connectivity index (χ2n) is 13.8. The zero-order valence-corrected chi connectivity index (χ0v) is 30.8. The van der Waals surface area contributed by atoms with Gasteiger partial charge in [-0.2, -0.15) is 0 Å². The van der Waals surface area contributed by atoms with Crippen LogP contribution in [0.25, 0.3) is 21.2 Å². The number of nitrogens with zero attached hydrogens (tertiary/aromatic N) is 2. The van der Waals surface area contributed by atoms with Crippen molar-refractivity contribution >= 4 is 60.7 Å². The van der Waals surface area contributed by atoms with Crippen LogP contribution in [-0.4, -0.2) is 67.3 Å². The Balaban J connectivity index is 1.51. The van der Waals surface area contributed by atoms with Crippen LogP contribution in [0.4, 0.5) is 19.3 Å². The number of thiophene rings is 1. The summed E-state index contributed by atoms with van der Waals surface area (Å²) in [7, 11) is -1.93. The molecule has 5 rings (SSSR count). The summed E-state index contributed by atoms with van der Waals surface area (Å²) < 4.78 is 61.1. The van der Waals surface area contributed by atoms with E-state index in [1.54, 1.807) is 35.2 Å². The van der Waals surface area contributed by atoms with E-state index in [-0.39, 0.29) is 44.0 Å². The number of anilines is 1. The monoisotopic (exact) mass is 747 g/mol. The summed E-state index contributed by atoms with van der Waals surface area (Å²) >= 11 is 7.41. The Morgan fingerprint density at radius 1 is 0.960 bits per heavy atom. The number of hydrogen-bond acceptors (Lipinski definition) is 6. The summed E-state index contributed by atoms with van der Waals surface area (Å²) in [6.45, 7) is 6.39. The SMILES string of the molecule is COc1ccc(-c2ccc(NS(C)(=O)=O)cc2)cc1CN(C(=O)c1sc2c(F)ccc(F)c2c1Cl)C1CCC(N(CC(C)(C)C)C(=O)O)CC1. The number of carbonyl (C=O) groups is 2. The molecule has 0 radical (unpaired) electrons. The third-order valence-corrected chi connectivity index (χ3v) is 11.0. The third-order valence-electron chi connectivity index (χ3n) is 8.72. The quantitative estimate of drug-likeness (QED) is 0.168. The van der Waals surface area contributed by atoms with Crippen LogP contribution >= 0.6 is 22.9 Å². The standard InChI is InChI=1S/C36H40ClF2N3O6S2/c1-36(2,3)20-42(35(44)45)26-13-11-25(12-14-26)41(34(43)33-31(37)30-27(38)15-16-28(39)32(30)49-33)19-23-18-22(8-17-29(23)48-4)21-6-9-24(10-7-21)40-50(5,46)47/h6-10,15-18,25-26,40H,11-14,19-20H2,1-5H3,(H,44,45). The maximum absolute atomic E-state index is 14.8. The first-order valence-electron chi connectivity index (χ1n) is 16.1. The molecule has 0 spiro atoms. The van der Waals surface area contributed by atoms with Gasteiger partial charge in [0.1, 0.15) is 22.3 Å². The number of ether oxygens (including phenoxy) is 1. The van der Waals surface area contributed by atoms with Gasteiger partial charge in [-0.1, -0.05) is 50.6 Å². The van der Waals surface area contributed by atoms with Gasteiger partial charge >= 0.3 is 6.09 Å². The van der Waals surface area contributed by atoms with Gasteiger partial charge in [-0.25, -0.2) is 22.0 Å². The Morgan fingerprint density at radius 3 is 2.08 bits per heavy atom. The van der Waals surface area contributed by atoms with Crippen LogP contribution in [0.2, 0.25) is 5.02 Å². The molecule has 268 valence electrons. The highest BCUT2D eigenvalue weighted by atomic mass is 35.5.